The number of esters is 1. The summed E-state index contributed by atoms with van der Waals surface area (Å²) in [6.07, 6.45) is 10.6. The number of ketones is 1. The molecule has 0 radical (unpaired) electrons. The van der Waals surface area contributed by atoms with Gasteiger partial charge in [0.1, 0.15) is 24.4 Å². The first-order valence-electron chi connectivity index (χ1n) is 11.2. The molecule has 4 N–H and O–H groups in total. The Labute approximate surface area is 206 Å². The van der Waals surface area contributed by atoms with Crippen molar-refractivity contribution in [2.24, 2.45) is 0 Å². The Morgan fingerprint density at radius 3 is 1.74 bits per heavy atom. The minimum Gasteiger partial charge on any atom is -0.429 e. The normalized spacial score (nSPS) is 27.3. The highest BCUT2D eigenvalue weighted by Crippen LogP contribution is 2.22. The van der Waals surface area contributed by atoms with Crippen molar-refractivity contribution in [2.75, 3.05) is 6.61 Å². The molecule has 0 spiro atoms. The van der Waals surface area contributed by atoms with Crippen LogP contribution in [0.3, 0.4) is 0 Å². The van der Waals surface area contributed by atoms with Crippen LogP contribution < -0.4 is 0 Å². The van der Waals surface area contributed by atoms with Crippen LogP contribution in [-0.2, 0) is 19.1 Å². The lowest BCUT2D eigenvalue weighted by molar-refractivity contribution is -0.291. The van der Waals surface area contributed by atoms with E-state index in [1.165, 1.54) is 19.9 Å². The van der Waals surface area contributed by atoms with Gasteiger partial charge >= 0.3 is 5.97 Å². The summed E-state index contributed by atoms with van der Waals surface area (Å²) in [5, 5.41) is 38.7. The van der Waals surface area contributed by atoms with E-state index in [1.807, 2.05) is 50.3 Å². The molecule has 1 heterocycles. The standard InChI is InChI=1S/C27H36O8/c1-17(12-8-14-19(3)21(5)29)10-6-7-11-18(2)13-9-15-20(4)26(33)35-27-25(32)24(31)23(30)22(16-28)34-27/h6-15,22-25,27-28,30-32H,16H2,1-5H3/b7-6+,12-8+,13-9+,17-10+,18-11+,19-14+,20-15+/t22?,23-,24+,25?,27+/m1/s1. The van der Waals surface area contributed by atoms with Crippen LogP contribution in [0, 0.1) is 0 Å². The molecule has 35 heavy (non-hydrogen) atoms. The average molecular weight is 489 g/mol. The predicted octanol–water partition coefficient (Wildman–Crippen LogP) is 2.37. The molecular formula is C27H36O8. The van der Waals surface area contributed by atoms with Crippen molar-refractivity contribution in [2.45, 2.75) is 65.3 Å². The maximum absolute atomic E-state index is 12.3. The number of hydrogen-bond donors (Lipinski definition) is 4. The number of carbonyl (C=O) groups is 2. The van der Waals surface area contributed by atoms with Gasteiger partial charge in [-0.05, 0) is 40.2 Å². The molecule has 5 atom stereocenters. The van der Waals surface area contributed by atoms with E-state index in [9.17, 15) is 30.0 Å². The zero-order valence-corrected chi connectivity index (χ0v) is 20.8. The topological polar surface area (TPSA) is 134 Å². The monoisotopic (exact) mass is 488 g/mol. The second kappa shape index (κ2) is 15.2. The maximum Gasteiger partial charge on any atom is 0.336 e. The second-order valence-corrected chi connectivity index (χ2v) is 8.28. The minimum atomic E-state index is -1.65. The van der Waals surface area contributed by atoms with Crippen molar-refractivity contribution in [1.29, 1.82) is 0 Å². The summed E-state index contributed by atoms with van der Waals surface area (Å²) in [6.45, 7) is 8.05. The zero-order chi connectivity index (χ0) is 26.5. The summed E-state index contributed by atoms with van der Waals surface area (Å²) < 4.78 is 10.2. The van der Waals surface area contributed by atoms with E-state index in [0.717, 1.165) is 11.1 Å². The summed E-state index contributed by atoms with van der Waals surface area (Å²) >= 11 is 0. The van der Waals surface area contributed by atoms with Gasteiger partial charge in [0.2, 0.25) is 6.29 Å². The molecule has 0 bridgehead atoms. The van der Waals surface area contributed by atoms with E-state index in [-0.39, 0.29) is 11.4 Å². The van der Waals surface area contributed by atoms with Crippen LogP contribution in [0.4, 0.5) is 0 Å². The highest BCUT2D eigenvalue weighted by molar-refractivity contribution is 5.92. The van der Waals surface area contributed by atoms with E-state index in [1.54, 1.807) is 25.2 Å². The Morgan fingerprint density at radius 1 is 0.743 bits per heavy atom. The quantitative estimate of drug-likeness (QED) is 0.209. The van der Waals surface area contributed by atoms with Crippen molar-refractivity contribution in [3.63, 3.8) is 0 Å². The fraction of sp³-hybridized carbons (Fsp3) is 0.407. The summed E-state index contributed by atoms with van der Waals surface area (Å²) in [7, 11) is 0. The van der Waals surface area contributed by atoms with Crippen LogP contribution in [0.15, 0.2) is 83.1 Å². The van der Waals surface area contributed by atoms with Gasteiger partial charge in [-0.2, -0.15) is 0 Å². The van der Waals surface area contributed by atoms with Gasteiger partial charge in [-0.3, -0.25) is 4.79 Å². The Kier molecular flexibility index (Phi) is 13.1. The van der Waals surface area contributed by atoms with E-state index in [4.69, 9.17) is 9.47 Å². The Balaban J connectivity index is 2.64. The SMILES string of the molecule is CC(=O)/C(C)=C/C=C/C(C)=C/C=C/C=C(C)/C=C/C=C(\C)C(=O)O[C@@H]1OC(CO)[C@@H](O)[C@H](O)C1O. The third-order valence-electron chi connectivity index (χ3n) is 5.19. The number of Topliss-reactive ketones (excluding diaryl/α,β-unsaturated/α-hetero) is 1. The summed E-state index contributed by atoms with van der Waals surface area (Å²) in [5.41, 5.74) is 2.86. The number of allylic oxidation sites excluding steroid dienone is 13. The van der Waals surface area contributed by atoms with E-state index >= 15 is 0 Å². The second-order valence-electron chi connectivity index (χ2n) is 8.28. The molecule has 8 nitrogen and oxygen atoms in total. The van der Waals surface area contributed by atoms with Gasteiger partial charge in [-0.25, -0.2) is 4.79 Å². The number of rotatable bonds is 10. The van der Waals surface area contributed by atoms with Gasteiger partial charge in [-0.1, -0.05) is 71.9 Å². The summed E-state index contributed by atoms with van der Waals surface area (Å²) in [5.74, 6) is -0.733. The molecule has 1 rings (SSSR count). The first-order valence-corrected chi connectivity index (χ1v) is 11.2. The molecule has 1 aliphatic heterocycles. The molecule has 0 amide bonds. The third-order valence-corrected chi connectivity index (χ3v) is 5.19. The molecule has 0 saturated carbocycles. The number of ether oxygens (including phenoxy) is 2. The molecular weight excluding hydrogens is 452 g/mol. The first kappa shape index (κ1) is 30.2. The molecule has 0 aromatic rings. The molecule has 0 aromatic carbocycles. The molecule has 0 aliphatic carbocycles. The first-order chi connectivity index (χ1) is 16.5. The van der Waals surface area contributed by atoms with Crippen LogP contribution in [0.2, 0.25) is 0 Å². The zero-order valence-electron chi connectivity index (χ0n) is 20.8. The van der Waals surface area contributed by atoms with Gasteiger partial charge in [-0.15, -0.1) is 0 Å². The minimum absolute atomic E-state index is 0.0422. The predicted molar refractivity (Wildman–Crippen MR) is 133 cm³/mol. The number of carbonyl (C=O) groups excluding carboxylic acids is 2. The number of aliphatic hydroxyl groups excluding tert-OH is 4. The maximum atomic E-state index is 12.3. The van der Waals surface area contributed by atoms with Crippen molar-refractivity contribution in [3.8, 4) is 0 Å². The highest BCUT2D eigenvalue weighted by atomic mass is 16.7. The largest absolute Gasteiger partial charge is 0.429 e. The van der Waals surface area contributed by atoms with Crippen LogP contribution in [-0.4, -0.2) is 69.5 Å². The smallest absolute Gasteiger partial charge is 0.336 e. The molecule has 1 saturated heterocycles. The van der Waals surface area contributed by atoms with Crippen molar-refractivity contribution in [1.82, 2.24) is 0 Å². The fourth-order valence-corrected chi connectivity index (χ4v) is 2.76. The van der Waals surface area contributed by atoms with Gasteiger partial charge in [0.05, 0.1) is 6.61 Å². The van der Waals surface area contributed by atoms with Gasteiger partial charge in [0, 0.05) is 5.57 Å². The molecule has 1 aliphatic rings. The van der Waals surface area contributed by atoms with Gasteiger partial charge in [0.15, 0.2) is 5.78 Å². The van der Waals surface area contributed by atoms with Crippen LogP contribution in [0.25, 0.3) is 0 Å². The fourth-order valence-electron chi connectivity index (χ4n) is 2.76. The Bertz CT molecular complexity index is 946. The molecule has 2 unspecified atom stereocenters. The van der Waals surface area contributed by atoms with Crippen LogP contribution in [0.5, 0.6) is 0 Å². The lowest BCUT2D eigenvalue weighted by Crippen LogP contribution is -2.59. The molecule has 8 heteroatoms. The molecule has 192 valence electrons. The van der Waals surface area contributed by atoms with Gasteiger partial charge in [0.25, 0.3) is 0 Å². The van der Waals surface area contributed by atoms with Crippen molar-refractivity contribution >= 4 is 11.8 Å². The third kappa shape index (κ3) is 10.5. The molecule has 0 aromatic heterocycles. The van der Waals surface area contributed by atoms with Crippen LogP contribution >= 0.6 is 0 Å². The summed E-state index contributed by atoms with van der Waals surface area (Å²) in [6, 6.07) is 0. The average Bonchev–Trinajstić information content (AvgIpc) is 2.81. The van der Waals surface area contributed by atoms with Crippen LogP contribution in [0.1, 0.15) is 34.6 Å². The molecule has 1 fully saturated rings. The number of hydrogen-bond acceptors (Lipinski definition) is 8. The van der Waals surface area contributed by atoms with E-state index < -0.39 is 43.3 Å². The van der Waals surface area contributed by atoms with Crippen molar-refractivity contribution < 1.29 is 39.5 Å². The lowest BCUT2D eigenvalue weighted by atomic mass is 9.99. The Hall–Kier alpha value is -2.88. The van der Waals surface area contributed by atoms with Gasteiger partial charge < -0.3 is 29.9 Å². The number of aliphatic hydroxyl groups is 4. The lowest BCUT2D eigenvalue weighted by Gasteiger charge is -2.39. The van der Waals surface area contributed by atoms with E-state index in [0.29, 0.717) is 5.57 Å². The van der Waals surface area contributed by atoms with Crippen molar-refractivity contribution in [3.05, 3.63) is 83.1 Å². The summed E-state index contributed by atoms with van der Waals surface area (Å²) in [4.78, 5) is 23.4. The highest BCUT2D eigenvalue weighted by Gasteiger charge is 2.45. The van der Waals surface area contributed by atoms with E-state index in [2.05, 4.69) is 0 Å². The Morgan fingerprint density at radius 2 is 1.26 bits per heavy atom.